The van der Waals surface area contributed by atoms with Gasteiger partial charge >= 0.3 is 5.97 Å². The highest BCUT2D eigenvalue weighted by Gasteiger charge is 2.70. The van der Waals surface area contributed by atoms with E-state index in [1.54, 1.807) is 12.1 Å². The standard InChI is InChI=1S/C47H68N2O5.ClH/c1-29(2)40-35(50)25-47(38(51)27-49(26-30-11-10-12-30)39(52)28-48(8)9)24-23-45(6)34(41(40)47)17-18-37-44(5)21-19-33(31-13-15-32(16-14-31)42(53)54)43(3,4)36(44)20-22-46(37,45)7;/h13-16,19,29-30,34,36-38,51H,10-12,17-18,20-28H2,1-9H3,(H,53,54);1H/t34-,36-,37-,38+,44+,45-,46-,47+;/m1./s1. The van der Waals surface area contributed by atoms with Crippen LogP contribution in [0.2, 0.25) is 0 Å². The first-order valence-electron chi connectivity index (χ1n) is 21.2. The van der Waals surface area contributed by atoms with Crippen LogP contribution in [0.5, 0.6) is 0 Å². The van der Waals surface area contributed by atoms with Gasteiger partial charge in [-0.15, -0.1) is 12.4 Å². The van der Waals surface area contributed by atoms with E-state index >= 15 is 0 Å². The maximum atomic E-state index is 14.2. The van der Waals surface area contributed by atoms with Crippen molar-refractivity contribution in [3.05, 3.63) is 52.6 Å². The summed E-state index contributed by atoms with van der Waals surface area (Å²) in [6, 6.07) is 7.47. The summed E-state index contributed by atoms with van der Waals surface area (Å²) in [7, 11) is 3.86. The van der Waals surface area contributed by atoms with Gasteiger partial charge in [0.15, 0.2) is 5.78 Å². The van der Waals surface area contributed by atoms with E-state index in [0.29, 0.717) is 49.4 Å². The minimum Gasteiger partial charge on any atom is -0.478 e. The highest BCUT2D eigenvalue weighted by atomic mass is 35.5. The molecule has 0 unspecified atom stereocenters. The molecule has 0 radical (unpaired) electrons. The number of carbonyl (C=O) groups excluding carboxylic acids is 2. The number of hydrogen-bond donors (Lipinski definition) is 2. The summed E-state index contributed by atoms with van der Waals surface area (Å²) in [5, 5.41) is 22.1. The van der Waals surface area contributed by atoms with Crippen LogP contribution in [0.4, 0.5) is 0 Å². The summed E-state index contributed by atoms with van der Waals surface area (Å²) >= 11 is 0. The minimum atomic E-state index is -0.893. The van der Waals surface area contributed by atoms with Crippen LogP contribution in [0, 0.1) is 56.7 Å². The largest absolute Gasteiger partial charge is 0.478 e. The second-order valence-electron chi connectivity index (χ2n) is 20.6. The molecule has 0 heterocycles. The second-order valence-corrected chi connectivity index (χ2v) is 20.6. The Morgan fingerprint density at radius 2 is 1.56 bits per heavy atom. The fourth-order valence-corrected chi connectivity index (χ4v) is 14.0. The number of carbonyl (C=O) groups is 3. The molecule has 0 saturated heterocycles. The van der Waals surface area contributed by atoms with E-state index in [2.05, 4.69) is 54.5 Å². The number of allylic oxidation sites excluding steroid dienone is 3. The fourth-order valence-electron chi connectivity index (χ4n) is 14.0. The predicted octanol–water partition coefficient (Wildman–Crippen LogP) is 9.33. The van der Waals surface area contributed by atoms with Crippen molar-refractivity contribution >= 4 is 35.6 Å². The number of nitrogens with zero attached hydrogens (tertiary/aromatic N) is 2. The zero-order valence-corrected chi connectivity index (χ0v) is 36.0. The Hall–Kier alpha value is -2.48. The first kappa shape index (κ1) is 42.1. The molecule has 4 saturated carbocycles. The van der Waals surface area contributed by atoms with Crippen molar-refractivity contribution in [1.82, 2.24) is 9.80 Å². The number of benzene rings is 1. The number of aromatic carboxylic acids is 1. The third kappa shape index (κ3) is 6.49. The second kappa shape index (κ2) is 14.7. The number of aliphatic hydroxyl groups is 1. The molecule has 0 bridgehead atoms. The molecule has 6 aliphatic carbocycles. The lowest BCUT2D eigenvalue weighted by Crippen LogP contribution is -2.65. The quantitative estimate of drug-likeness (QED) is 0.246. The van der Waals surface area contributed by atoms with Crippen LogP contribution >= 0.6 is 12.4 Å². The van der Waals surface area contributed by atoms with Crippen LogP contribution in [0.15, 0.2) is 41.5 Å². The van der Waals surface area contributed by atoms with Crippen molar-refractivity contribution in [2.45, 2.75) is 125 Å². The Bertz CT molecular complexity index is 1740. The highest BCUT2D eigenvalue weighted by molar-refractivity contribution is 6.01. The number of Topliss-reactive ketones (excluding diaryl/α,β-unsaturated/α-hetero) is 1. The van der Waals surface area contributed by atoms with Crippen molar-refractivity contribution in [1.29, 1.82) is 0 Å². The number of fused-ring (bicyclic) bond motifs is 7. The number of likely N-dealkylation sites (N-methyl/N-ethyl adjacent to an activating group) is 1. The lowest BCUT2D eigenvalue weighted by Gasteiger charge is -2.71. The zero-order valence-electron chi connectivity index (χ0n) is 35.2. The van der Waals surface area contributed by atoms with Gasteiger partial charge in [0.2, 0.25) is 5.91 Å². The summed E-state index contributed by atoms with van der Waals surface area (Å²) in [6.07, 6.45) is 12.8. The number of halogens is 1. The van der Waals surface area contributed by atoms with Gasteiger partial charge in [0.1, 0.15) is 0 Å². The van der Waals surface area contributed by atoms with Crippen molar-refractivity contribution in [2.24, 2.45) is 56.7 Å². The van der Waals surface area contributed by atoms with E-state index in [1.807, 2.05) is 36.0 Å². The Balaban J connectivity index is 0.00000514. The number of ketones is 1. The fraction of sp³-hybridized carbons (Fsp3) is 0.723. The maximum absolute atomic E-state index is 14.2. The minimum absolute atomic E-state index is 0. The molecule has 55 heavy (non-hydrogen) atoms. The molecular weight excluding hydrogens is 708 g/mol. The molecule has 0 spiro atoms. The maximum Gasteiger partial charge on any atom is 0.335 e. The molecule has 8 heteroatoms. The van der Waals surface area contributed by atoms with Crippen LogP contribution in [-0.2, 0) is 9.59 Å². The molecule has 7 nitrogen and oxygen atoms in total. The van der Waals surface area contributed by atoms with Crippen LogP contribution in [0.3, 0.4) is 0 Å². The number of carboxylic acids is 1. The van der Waals surface area contributed by atoms with E-state index in [1.165, 1.54) is 17.6 Å². The van der Waals surface area contributed by atoms with Gasteiger partial charge in [-0.05, 0) is 152 Å². The molecule has 8 atom stereocenters. The average molecular weight is 778 g/mol. The third-order valence-corrected chi connectivity index (χ3v) is 17.0. The van der Waals surface area contributed by atoms with E-state index in [-0.39, 0.29) is 57.6 Å². The van der Waals surface area contributed by atoms with Gasteiger partial charge in [-0.25, -0.2) is 4.79 Å². The van der Waals surface area contributed by atoms with Gasteiger partial charge in [0.05, 0.1) is 18.2 Å². The first-order chi connectivity index (χ1) is 25.3. The molecule has 4 fully saturated rings. The molecule has 1 aromatic carbocycles. The number of carboxylic acid groups (broad SMARTS) is 1. The van der Waals surface area contributed by atoms with Crippen molar-refractivity contribution in [3.63, 3.8) is 0 Å². The number of amides is 1. The molecule has 1 amide bonds. The Morgan fingerprint density at radius 1 is 0.891 bits per heavy atom. The zero-order chi connectivity index (χ0) is 39.2. The summed E-state index contributed by atoms with van der Waals surface area (Å²) in [5.41, 5.74) is 4.54. The van der Waals surface area contributed by atoms with Crippen LogP contribution in [0.1, 0.15) is 135 Å². The van der Waals surface area contributed by atoms with Gasteiger partial charge < -0.3 is 20.0 Å². The summed E-state index contributed by atoms with van der Waals surface area (Å²) in [4.78, 5) is 43.4. The van der Waals surface area contributed by atoms with E-state index in [0.717, 1.165) is 68.9 Å². The monoisotopic (exact) mass is 776 g/mol. The van der Waals surface area contributed by atoms with E-state index in [9.17, 15) is 24.6 Å². The van der Waals surface area contributed by atoms with Gasteiger partial charge in [0.25, 0.3) is 0 Å². The van der Waals surface area contributed by atoms with Crippen LogP contribution in [-0.4, -0.2) is 77.5 Å². The van der Waals surface area contributed by atoms with Gasteiger partial charge in [-0.2, -0.15) is 0 Å². The molecule has 1 aromatic rings. The smallest absolute Gasteiger partial charge is 0.335 e. The SMILES string of the molecule is CC(C)C1=C2[C@H]3CC[C@@H]4[C@@]5(C)CC=C(c6ccc(C(=O)O)cc6)C(C)(C)[C@H]5CC[C@@]4(C)[C@]3(C)CC[C@@]2([C@@H](O)CN(CC2CCC2)C(=O)CN(C)C)CC1=O.Cl. The number of hydrogen-bond acceptors (Lipinski definition) is 5. The van der Waals surface area contributed by atoms with Crippen LogP contribution < -0.4 is 0 Å². The van der Waals surface area contributed by atoms with Crippen molar-refractivity contribution in [2.75, 3.05) is 33.7 Å². The molecule has 2 N–H and O–H groups in total. The predicted molar refractivity (Wildman–Crippen MR) is 222 cm³/mol. The van der Waals surface area contributed by atoms with Crippen LogP contribution in [0.25, 0.3) is 5.57 Å². The normalized spacial score (nSPS) is 35.8. The molecule has 6 aliphatic rings. The molecule has 0 aliphatic heterocycles. The summed E-state index contributed by atoms with van der Waals surface area (Å²) in [5.74, 6) is 1.25. The Labute approximate surface area is 337 Å². The third-order valence-electron chi connectivity index (χ3n) is 17.0. The van der Waals surface area contributed by atoms with Gasteiger partial charge in [-0.3, -0.25) is 9.59 Å². The average Bonchev–Trinajstić information content (AvgIpc) is 3.38. The lowest BCUT2D eigenvalue weighted by molar-refractivity contribution is -0.200. The van der Waals surface area contributed by atoms with Gasteiger partial charge in [-0.1, -0.05) is 78.7 Å². The lowest BCUT2D eigenvalue weighted by atomic mass is 9.33. The van der Waals surface area contributed by atoms with Gasteiger partial charge in [0, 0.05) is 24.9 Å². The molecule has 304 valence electrons. The molecule has 0 aromatic heterocycles. The summed E-state index contributed by atoms with van der Waals surface area (Å²) in [6.45, 7) is 18.2. The van der Waals surface area contributed by atoms with Crippen molar-refractivity contribution in [3.8, 4) is 0 Å². The number of rotatable bonds is 10. The Morgan fingerprint density at radius 3 is 2.15 bits per heavy atom. The van der Waals surface area contributed by atoms with E-state index in [4.69, 9.17) is 0 Å². The Kier molecular flexibility index (Phi) is 11.3. The molecule has 7 rings (SSSR count). The topological polar surface area (TPSA) is 98.2 Å². The summed E-state index contributed by atoms with van der Waals surface area (Å²) < 4.78 is 0. The van der Waals surface area contributed by atoms with Crippen molar-refractivity contribution < 1.29 is 24.6 Å². The first-order valence-corrected chi connectivity index (χ1v) is 21.2. The van der Waals surface area contributed by atoms with E-state index < -0.39 is 17.5 Å². The number of aliphatic hydroxyl groups excluding tert-OH is 1. The highest BCUT2D eigenvalue weighted by Crippen LogP contribution is 2.77. The molecular formula is C47H69ClN2O5.